The van der Waals surface area contributed by atoms with Gasteiger partial charge in [0, 0.05) is 18.3 Å². The van der Waals surface area contributed by atoms with E-state index in [0.29, 0.717) is 13.0 Å². The molecule has 0 aliphatic heterocycles. The highest BCUT2D eigenvalue weighted by atomic mass is 16.5. The zero-order valence-electron chi connectivity index (χ0n) is 13.1. The molecule has 0 atom stereocenters. The van der Waals surface area contributed by atoms with Gasteiger partial charge < -0.3 is 15.0 Å². The van der Waals surface area contributed by atoms with Crippen LogP contribution >= 0.6 is 0 Å². The number of hydrogen-bond acceptors (Lipinski definition) is 2. The molecule has 0 aliphatic rings. The molecule has 0 bridgehead atoms. The first-order valence-electron chi connectivity index (χ1n) is 7.71. The van der Waals surface area contributed by atoms with Gasteiger partial charge in [-0.15, -0.1) is 0 Å². The van der Waals surface area contributed by atoms with Crippen LogP contribution in [0.15, 0.2) is 54.7 Å². The van der Waals surface area contributed by atoms with Crippen molar-refractivity contribution in [2.75, 3.05) is 13.7 Å². The quantitative estimate of drug-likeness (QED) is 0.735. The molecule has 4 nitrogen and oxygen atoms in total. The molecule has 0 unspecified atom stereocenters. The van der Waals surface area contributed by atoms with Gasteiger partial charge in [0.25, 0.3) is 0 Å². The van der Waals surface area contributed by atoms with Gasteiger partial charge in [-0.1, -0.05) is 24.3 Å². The van der Waals surface area contributed by atoms with Gasteiger partial charge in [0.15, 0.2) is 0 Å². The molecule has 4 heteroatoms. The summed E-state index contributed by atoms with van der Waals surface area (Å²) in [5, 5.41) is 4.10. The Balaban J connectivity index is 1.53. The number of benzene rings is 2. The van der Waals surface area contributed by atoms with E-state index in [2.05, 4.69) is 10.3 Å². The first-order valence-corrected chi connectivity index (χ1v) is 7.71. The minimum absolute atomic E-state index is 0.0368. The van der Waals surface area contributed by atoms with E-state index >= 15 is 0 Å². The summed E-state index contributed by atoms with van der Waals surface area (Å²) in [5.41, 5.74) is 3.21. The highest BCUT2D eigenvalue weighted by molar-refractivity contribution is 5.83. The Bertz CT molecular complexity index is 808. The molecule has 2 aromatic carbocycles. The summed E-state index contributed by atoms with van der Waals surface area (Å²) in [7, 11) is 1.66. The van der Waals surface area contributed by atoms with E-state index in [1.165, 1.54) is 0 Å². The predicted molar refractivity (Wildman–Crippen MR) is 91.7 cm³/mol. The number of aromatic nitrogens is 1. The molecule has 0 fully saturated rings. The van der Waals surface area contributed by atoms with Crippen molar-refractivity contribution in [2.45, 2.75) is 12.8 Å². The Labute approximate surface area is 135 Å². The van der Waals surface area contributed by atoms with Crippen molar-refractivity contribution in [3.63, 3.8) is 0 Å². The zero-order valence-corrected chi connectivity index (χ0v) is 13.1. The number of methoxy groups -OCH3 is 1. The monoisotopic (exact) mass is 308 g/mol. The lowest BCUT2D eigenvalue weighted by Gasteiger charge is -2.09. The van der Waals surface area contributed by atoms with Gasteiger partial charge in [-0.05, 0) is 47.2 Å². The number of carbonyl (C=O) groups excluding carboxylic acids is 1. The maximum absolute atomic E-state index is 12.1. The Morgan fingerprint density at radius 1 is 1.17 bits per heavy atom. The number of nitrogens with one attached hydrogen (secondary N) is 2. The molecule has 118 valence electrons. The normalized spacial score (nSPS) is 10.7. The number of ether oxygens (including phenoxy) is 1. The molecule has 3 aromatic rings. The molecule has 1 aromatic heterocycles. The number of fused-ring (bicyclic) bond motifs is 1. The number of rotatable bonds is 6. The fourth-order valence-electron chi connectivity index (χ4n) is 2.71. The van der Waals surface area contributed by atoms with Crippen molar-refractivity contribution < 1.29 is 9.53 Å². The summed E-state index contributed by atoms with van der Waals surface area (Å²) in [6.07, 6.45) is 3.06. The molecule has 0 spiro atoms. The van der Waals surface area contributed by atoms with Crippen LogP contribution in [0.25, 0.3) is 10.9 Å². The number of aromatic amines is 1. The van der Waals surface area contributed by atoms with Crippen molar-refractivity contribution in [3.05, 3.63) is 65.9 Å². The second-order valence-electron chi connectivity index (χ2n) is 5.49. The lowest BCUT2D eigenvalue weighted by atomic mass is 10.1. The summed E-state index contributed by atoms with van der Waals surface area (Å²) in [4.78, 5) is 15.2. The van der Waals surface area contributed by atoms with E-state index in [4.69, 9.17) is 4.74 Å². The summed E-state index contributed by atoms with van der Waals surface area (Å²) in [6.45, 7) is 0.603. The maximum Gasteiger partial charge on any atom is 0.224 e. The highest BCUT2D eigenvalue weighted by Crippen LogP contribution is 2.17. The minimum atomic E-state index is 0.0368. The summed E-state index contributed by atoms with van der Waals surface area (Å²) in [5.74, 6) is 0.898. The van der Waals surface area contributed by atoms with Crippen LogP contribution in [0.1, 0.15) is 11.1 Å². The molecule has 23 heavy (non-hydrogen) atoms. The second kappa shape index (κ2) is 7.01. The largest absolute Gasteiger partial charge is 0.496 e. The van der Waals surface area contributed by atoms with Gasteiger partial charge in [0.05, 0.1) is 13.5 Å². The molecule has 2 N–H and O–H groups in total. The molecule has 1 amide bonds. The fraction of sp³-hybridized carbons (Fsp3) is 0.211. The number of amides is 1. The molecule has 3 rings (SSSR count). The first kappa shape index (κ1) is 15.2. The van der Waals surface area contributed by atoms with Crippen LogP contribution in [0.5, 0.6) is 5.75 Å². The zero-order chi connectivity index (χ0) is 16.1. The third kappa shape index (κ3) is 3.72. The van der Waals surface area contributed by atoms with E-state index in [-0.39, 0.29) is 5.91 Å². The molecule has 0 saturated carbocycles. The van der Waals surface area contributed by atoms with Crippen molar-refractivity contribution >= 4 is 16.8 Å². The Hall–Kier alpha value is -2.75. The Kier molecular flexibility index (Phi) is 4.62. The first-order chi connectivity index (χ1) is 11.3. The summed E-state index contributed by atoms with van der Waals surface area (Å²) < 4.78 is 5.32. The Morgan fingerprint density at radius 2 is 2.04 bits per heavy atom. The average molecular weight is 308 g/mol. The van der Waals surface area contributed by atoms with Crippen LogP contribution in [0.3, 0.4) is 0 Å². The third-order valence-corrected chi connectivity index (χ3v) is 3.89. The molecular weight excluding hydrogens is 288 g/mol. The topological polar surface area (TPSA) is 54.1 Å². The number of hydrogen-bond donors (Lipinski definition) is 2. The van der Waals surface area contributed by atoms with Crippen molar-refractivity contribution in [2.24, 2.45) is 0 Å². The van der Waals surface area contributed by atoms with Gasteiger partial charge in [0.2, 0.25) is 5.91 Å². The van der Waals surface area contributed by atoms with E-state index in [9.17, 15) is 4.79 Å². The Morgan fingerprint density at radius 3 is 2.91 bits per heavy atom. The van der Waals surface area contributed by atoms with Crippen molar-refractivity contribution in [1.82, 2.24) is 10.3 Å². The second-order valence-corrected chi connectivity index (χ2v) is 5.49. The lowest BCUT2D eigenvalue weighted by molar-refractivity contribution is -0.120. The average Bonchev–Trinajstić information content (AvgIpc) is 3.03. The van der Waals surface area contributed by atoms with E-state index < -0.39 is 0 Å². The molecular formula is C19H20N2O2. The lowest BCUT2D eigenvalue weighted by Crippen LogP contribution is -2.27. The van der Waals surface area contributed by atoms with Crippen LogP contribution in [0.2, 0.25) is 0 Å². The fourth-order valence-corrected chi connectivity index (χ4v) is 2.71. The van der Waals surface area contributed by atoms with Crippen molar-refractivity contribution in [1.29, 1.82) is 0 Å². The van der Waals surface area contributed by atoms with Gasteiger partial charge in [-0.2, -0.15) is 0 Å². The summed E-state index contributed by atoms with van der Waals surface area (Å²) >= 11 is 0. The van der Waals surface area contributed by atoms with E-state index in [0.717, 1.165) is 34.2 Å². The molecule has 0 aliphatic carbocycles. The molecule has 0 radical (unpaired) electrons. The van der Waals surface area contributed by atoms with Crippen LogP contribution in [0.4, 0.5) is 0 Å². The van der Waals surface area contributed by atoms with E-state index in [1.54, 1.807) is 7.11 Å². The SMILES string of the molecule is COc1ccccc1CCNC(=O)Cc1ccc2[nH]ccc2c1. The predicted octanol–water partition coefficient (Wildman–Crippen LogP) is 3.08. The van der Waals surface area contributed by atoms with Crippen LogP contribution in [-0.2, 0) is 17.6 Å². The number of H-pyrrole nitrogens is 1. The maximum atomic E-state index is 12.1. The smallest absolute Gasteiger partial charge is 0.224 e. The number of carbonyl (C=O) groups is 1. The standard InChI is InChI=1S/C19H20N2O2/c1-23-18-5-3-2-4-15(18)8-11-21-19(22)13-14-6-7-17-16(12-14)9-10-20-17/h2-7,9-10,12,20H,8,11,13H2,1H3,(H,21,22). The molecule has 0 saturated heterocycles. The van der Waals surface area contributed by atoms with Gasteiger partial charge in [0.1, 0.15) is 5.75 Å². The van der Waals surface area contributed by atoms with Gasteiger partial charge in [-0.25, -0.2) is 0 Å². The van der Waals surface area contributed by atoms with Crippen LogP contribution in [0, 0.1) is 0 Å². The van der Waals surface area contributed by atoms with Crippen molar-refractivity contribution in [3.8, 4) is 5.75 Å². The van der Waals surface area contributed by atoms with Crippen LogP contribution in [-0.4, -0.2) is 24.5 Å². The van der Waals surface area contributed by atoms with E-state index in [1.807, 2.05) is 54.7 Å². The number of para-hydroxylation sites is 1. The summed E-state index contributed by atoms with van der Waals surface area (Å²) in [6, 6.07) is 15.9. The minimum Gasteiger partial charge on any atom is -0.496 e. The van der Waals surface area contributed by atoms with Gasteiger partial charge >= 0.3 is 0 Å². The highest BCUT2D eigenvalue weighted by Gasteiger charge is 2.06. The van der Waals surface area contributed by atoms with Crippen LogP contribution < -0.4 is 10.1 Å². The third-order valence-electron chi connectivity index (χ3n) is 3.89. The van der Waals surface area contributed by atoms with Gasteiger partial charge in [-0.3, -0.25) is 4.79 Å². The molecule has 1 heterocycles.